The number of aromatic nitrogens is 1. The van der Waals surface area contributed by atoms with Crippen LogP contribution in [0, 0.1) is 5.82 Å². The highest BCUT2D eigenvalue weighted by Gasteiger charge is 2.13. The molecule has 0 saturated carbocycles. The molecule has 3 aromatic rings. The summed E-state index contributed by atoms with van der Waals surface area (Å²) in [7, 11) is 1.30. The summed E-state index contributed by atoms with van der Waals surface area (Å²) < 4.78 is 27.3. The Labute approximate surface area is 166 Å². The number of carbonyl (C=O) groups is 1. The number of methoxy groups -OCH3 is 1. The molecule has 1 aromatic heterocycles. The third kappa shape index (κ3) is 4.33. The van der Waals surface area contributed by atoms with Crippen molar-refractivity contribution in [1.29, 1.82) is 0 Å². The van der Waals surface area contributed by atoms with Crippen LogP contribution < -0.4 is 4.74 Å². The minimum atomic E-state index is -0.440. The molecule has 0 aliphatic heterocycles. The quantitative estimate of drug-likeness (QED) is 0.487. The van der Waals surface area contributed by atoms with Gasteiger partial charge in [0.1, 0.15) is 18.2 Å². The average molecular weight is 434 g/mol. The molecular formula is C21H21BrFNO3. The minimum absolute atomic E-state index is 0.0392. The highest BCUT2D eigenvalue weighted by atomic mass is 79.9. The summed E-state index contributed by atoms with van der Waals surface area (Å²) in [5.74, 6) is -0.387. The van der Waals surface area contributed by atoms with Crippen LogP contribution in [0.2, 0.25) is 0 Å². The molecule has 142 valence electrons. The van der Waals surface area contributed by atoms with E-state index in [1.807, 2.05) is 6.07 Å². The molecule has 2 aromatic carbocycles. The lowest BCUT2D eigenvalue weighted by Crippen LogP contribution is -2.07. The molecule has 4 nitrogen and oxygen atoms in total. The average Bonchev–Trinajstić information content (AvgIpc) is 3.05. The van der Waals surface area contributed by atoms with E-state index in [9.17, 15) is 9.18 Å². The number of halogens is 2. The van der Waals surface area contributed by atoms with Crippen LogP contribution in [0.25, 0.3) is 10.9 Å². The van der Waals surface area contributed by atoms with Gasteiger partial charge in [-0.15, -0.1) is 0 Å². The summed E-state index contributed by atoms with van der Waals surface area (Å²) in [5, 5.41) is 1.14. The van der Waals surface area contributed by atoms with Crippen LogP contribution in [0.3, 0.4) is 0 Å². The highest BCUT2D eigenvalue weighted by Crippen LogP contribution is 2.30. The standard InChI is InChI=1S/C21H21BrFNO3/c1-13(2)24-7-6-17-18(22)8-14(9-19(17)24)12-27-20-5-4-16(23)10-15(20)11-21(25)26-3/h4-10,13H,11-12H2,1-3H3. The van der Waals surface area contributed by atoms with E-state index in [0.717, 1.165) is 20.9 Å². The Kier molecular flexibility index (Phi) is 5.85. The Morgan fingerprint density at radius 1 is 1.22 bits per heavy atom. The predicted octanol–water partition coefficient (Wildman–Crippen LogP) is 5.42. The van der Waals surface area contributed by atoms with Gasteiger partial charge >= 0.3 is 5.97 Å². The maximum Gasteiger partial charge on any atom is 0.310 e. The van der Waals surface area contributed by atoms with Gasteiger partial charge in [0, 0.05) is 33.2 Å². The van der Waals surface area contributed by atoms with Crippen molar-refractivity contribution in [1.82, 2.24) is 4.57 Å². The van der Waals surface area contributed by atoms with Crippen molar-refractivity contribution in [3.63, 3.8) is 0 Å². The molecule has 3 rings (SSSR count). The summed E-state index contributed by atoms with van der Waals surface area (Å²) in [4.78, 5) is 11.6. The third-order valence-corrected chi connectivity index (χ3v) is 5.04. The normalized spacial score (nSPS) is 11.2. The summed E-state index contributed by atoms with van der Waals surface area (Å²) >= 11 is 3.62. The van der Waals surface area contributed by atoms with Crippen molar-refractivity contribution in [2.45, 2.75) is 32.9 Å². The summed E-state index contributed by atoms with van der Waals surface area (Å²) in [6.45, 7) is 4.57. The molecule has 1 heterocycles. The summed E-state index contributed by atoms with van der Waals surface area (Å²) in [5.41, 5.74) is 2.56. The van der Waals surface area contributed by atoms with E-state index >= 15 is 0 Å². The number of rotatable bonds is 6. The first-order valence-corrected chi connectivity index (χ1v) is 9.45. The van der Waals surface area contributed by atoms with Gasteiger partial charge in [0.05, 0.1) is 13.5 Å². The van der Waals surface area contributed by atoms with Crippen LogP contribution in [0.4, 0.5) is 4.39 Å². The smallest absolute Gasteiger partial charge is 0.310 e. The second-order valence-electron chi connectivity index (χ2n) is 6.62. The molecular weight excluding hydrogens is 413 g/mol. The Hall–Kier alpha value is -2.34. The largest absolute Gasteiger partial charge is 0.489 e. The lowest BCUT2D eigenvalue weighted by Gasteiger charge is -2.13. The number of benzene rings is 2. The molecule has 27 heavy (non-hydrogen) atoms. The molecule has 0 bridgehead atoms. The lowest BCUT2D eigenvalue weighted by atomic mass is 10.1. The van der Waals surface area contributed by atoms with E-state index in [1.165, 1.54) is 25.3 Å². The SMILES string of the molecule is COC(=O)Cc1cc(F)ccc1OCc1cc(Br)c2ccn(C(C)C)c2c1. The van der Waals surface area contributed by atoms with Gasteiger partial charge in [-0.2, -0.15) is 0 Å². The van der Waals surface area contributed by atoms with Gasteiger partial charge in [0.15, 0.2) is 0 Å². The van der Waals surface area contributed by atoms with E-state index < -0.39 is 11.8 Å². The number of esters is 1. The predicted molar refractivity (Wildman–Crippen MR) is 106 cm³/mol. The molecule has 0 fully saturated rings. The molecule has 0 unspecified atom stereocenters. The Bertz CT molecular complexity index is 981. The van der Waals surface area contributed by atoms with Gasteiger partial charge in [-0.05, 0) is 55.8 Å². The molecule has 0 radical (unpaired) electrons. The molecule has 0 N–H and O–H groups in total. The molecule has 6 heteroatoms. The van der Waals surface area contributed by atoms with Gasteiger partial charge in [0.25, 0.3) is 0 Å². The zero-order chi connectivity index (χ0) is 19.6. The van der Waals surface area contributed by atoms with E-state index in [4.69, 9.17) is 4.74 Å². The highest BCUT2D eigenvalue weighted by molar-refractivity contribution is 9.10. The maximum absolute atomic E-state index is 13.6. The maximum atomic E-state index is 13.6. The lowest BCUT2D eigenvalue weighted by molar-refractivity contribution is -0.139. The zero-order valence-electron chi connectivity index (χ0n) is 15.5. The van der Waals surface area contributed by atoms with E-state index in [0.29, 0.717) is 24.0 Å². The third-order valence-electron chi connectivity index (χ3n) is 4.38. The zero-order valence-corrected chi connectivity index (χ0v) is 17.0. The monoisotopic (exact) mass is 433 g/mol. The Morgan fingerprint density at radius 2 is 2.00 bits per heavy atom. The van der Waals surface area contributed by atoms with Gasteiger partial charge in [-0.3, -0.25) is 4.79 Å². The summed E-state index contributed by atoms with van der Waals surface area (Å²) in [6.07, 6.45) is 2.03. The van der Waals surface area contributed by atoms with Crippen molar-refractivity contribution >= 4 is 32.8 Å². The topological polar surface area (TPSA) is 40.5 Å². The second-order valence-corrected chi connectivity index (χ2v) is 7.48. The number of carbonyl (C=O) groups excluding carboxylic acids is 1. The molecule has 0 aliphatic carbocycles. The number of ether oxygens (including phenoxy) is 2. The fourth-order valence-electron chi connectivity index (χ4n) is 3.02. The van der Waals surface area contributed by atoms with Crippen LogP contribution >= 0.6 is 15.9 Å². The Balaban J connectivity index is 1.87. The molecule has 0 aliphatic rings. The molecule has 0 saturated heterocycles. The summed E-state index contributed by atoms with van der Waals surface area (Å²) in [6, 6.07) is 10.7. The van der Waals surface area contributed by atoms with Crippen LogP contribution in [0.5, 0.6) is 5.75 Å². The van der Waals surface area contributed by atoms with E-state index in [-0.39, 0.29) is 6.42 Å². The minimum Gasteiger partial charge on any atom is -0.489 e. The molecule has 0 spiro atoms. The molecule has 0 amide bonds. The van der Waals surface area contributed by atoms with Crippen molar-refractivity contribution < 1.29 is 18.7 Å². The number of hydrogen-bond donors (Lipinski definition) is 0. The fourth-order valence-corrected chi connectivity index (χ4v) is 3.65. The Morgan fingerprint density at radius 3 is 2.70 bits per heavy atom. The van der Waals surface area contributed by atoms with Gasteiger partial charge in [-0.1, -0.05) is 15.9 Å². The van der Waals surface area contributed by atoms with E-state index in [1.54, 1.807) is 0 Å². The van der Waals surface area contributed by atoms with Crippen LogP contribution in [0.15, 0.2) is 47.1 Å². The number of nitrogens with zero attached hydrogens (tertiary/aromatic N) is 1. The van der Waals surface area contributed by atoms with Crippen molar-refractivity contribution in [2.24, 2.45) is 0 Å². The van der Waals surface area contributed by atoms with Crippen LogP contribution in [-0.4, -0.2) is 17.6 Å². The van der Waals surface area contributed by atoms with E-state index in [2.05, 4.69) is 57.4 Å². The first kappa shape index (κ1) is 19.4. The van der Waals surface area contributed by atoms with Crippen LogP contribution in [0.1, 0.15) is 31.0 Å². The van der Waals surface area contributed by atoms with Crippen molar-refractivity contribution in [3.8, 4) is 5.75 Å². The first-order valence-electron chi connectivity index (χ1n) is 8.66. The number of hydrogen-bond acceptors (Lipinski definition) is 3. The van der Waals surface area contributed by atoms with Crippen molar-refractivity contribution in [3.05, 3.63) is 64.0 Å². The van der Waals surface area contributed by atoms with Gasteiger partial charge < -0.3 is 14.0 Å². The number of fused-ring (bicyclic) bond motifs is 1. The first-order chi connectivity index (χ1) is 12.9. The van der Waals surface area contributed by atoms with Gasteiger partial charge in [-0.25, -0.2) is 4.39 Å². The molecule has 0 atom stereocenters. The fraction of sp³-hybridized carbons (Fsp3) is 0.286. The van der Waals surface area contributed by atoms with Crippen LogP contribution in [-0.2, 0) is 22.6 Å². The van der Waals surface area contributed by atoms with Crippen molar-refractivity contribution in [2.75, 3.05) is 7.11 Å². The second kappa shape index (κ2) is 8.13. The van der Waals surface area contributed by atoms with Gasteiger partial charge in [0.2, 0.25) is 0 Å².